The van der Waals surface area contributed by atoms with Crippen molar-refractivity contribution in [1.29, 1.82) is 0 Å². The molecule has 4 rings (SSSR count). The summed E-state index contributed by atoms with van der Waals surface area (Å²) in [7, 11) is 0. The van der Waals surface area contributed by atoms with Gasteiger partial charge in [-0.1, -0.05) is 68.4 Å². The number of nitrogens with zero attached hydrogens (tertiary/aromatic N) is 1. The Labute approximate surface area is 204 Å². The van der Waals surface area contributed by atoms with Gasteiger partial charge in [0.2, 0.25) is 0 Å². The van der Waals surface area contributed by atoms with Crippen LogP contribution in [0.25, 0.3) is 6.08 Å². The van der Waals surface area contributed by atoms with Gasteiger partial charge in [0.15, 0.2) is 0 Å². The first-order valence-corrected chi connectivity index (χ1v) is 12.7. The average molecular weight is 481 g/mol. The summed E-state index contributed by atoms with van der Waals surface area (Å²) in [5.41, 5.74) is 3.48. The number of thioether (sulfide) groups is 1. The molecule has 2 aliphatic heterocycles. The molecule has 0 bridgehead atoms. The molecule has 0 saturated carbocycles. The minimum Gasteiger partial charge on any atom is -0.491 e. The third kappa shape index (κ3) is 5.84. The lowest BCUT2D eigenvalue weighted by atomic mass is 10.0. The van der Waals surface area contributed by atoms with Crippen LogP contribution in [0.1, 0.15) is 60.5 Å². The number of carbonyl (C=O) groups is 2. The average Bonchev–Trinajstić information content (AvgIpc) is 3.00. The summed E-state index contributed by atoms with van der Waals surface area (Å²) in [5, 5.41) is 2.63. The number of hydrogen-bond donors (Lipinski definition) is 1. The Hall–Kier alpha value is -2.64. The molecule has 0 spiro atoms. The summed E-state index contributed by atoms with van der Waals surface area (Å²) in [6.45, 7) is 3.34. The lowest BCUT2D eigenvalue weighted by Gasteiger charge is -2.22. The molecule has 1 N–H and O–H groups in total. The Morgan fingerprint density at radius 1 is 1.18 bits per heavy atom. The van der Waals surface area contributed by atoms with Crippen LogP contribution in [0.5, 0.6) is 5.75 Å². The second-order valence-corrected chi connectivity index (χ2v) is 9.96. The van der Waals surface area contributed by atoms with Crippen molar-refractivity contribution in [3.05, 3.63) is 64.1 Å². The summed E-state index contributed by atoms with van der Waals surface area (Å²) in [4.78, 5) is 27.8. The number of amides is 2. The third-order valence-corrected chi connectivity index (χ3v) is 6.92. The normalized spacial score (nSPS) is 16.9. The van der Waals surface area contributed by atoms with E-state index in [1.54, 1.807) is 11.0 Å². The van der Waals surface area contributed by atoms with E-state index in [-0.39, 0.29) is 11.8 Å². The lowest BCUT2D eigenvalue weighted by Crippen LogP contribution is -2.31. The van der Waals surface area contributed by atoms with Gasteiger partial charge in [-0.25, -0.2) is 0 Å². The molecule has 2 aromatic rings. The second-order valence-electron chi connectivity index (χ2n) is 8.25. The van der Waals surface area contributed by atoms with Gasteiger partial charge in [-0.2, -0.15) is 0 Å². The summed E-state index contributed by atoms with van der Waals surface area (Å²) >= 11 is 6.32. The minimum absolute atomic E-state index is 0.0433. The van der Waals surface area contributed by atoms with E-state index in [1.807, 2.05) is 30.3 Å². The smallest absolute Gasteiger partial charge is 0.263 e. The molecule has 172 valence electrons. The maximum atomic E-state index is 13.4. The predicted molar refractivity (Wildman–Crippen MR) is 139 cm³/mol. The highest BCUT2D eigenvalue weighted by Gasteiger charge is 2.25. The van der Waals surface area contributed by atoms with Crippen LogP contribution in [0.4, 0.5) is 5.69 Å². The number of fused-ring (bicyclic) bond motifs is 1. The van der Waals surface area contributed by atoms with Crippen LogP contribution in [0, 0.1) is 0 Å². The zero-order valence-corrected chi connectivity index (χ0v) is 20.4. The molecule has 5 nitrogen and oxygen atoms in total. The van der Waals surface area contributed by atoms with Gasteiger partial charge in [-0.3, -0.25) is 9.59 Å². The highest BCUT2D eigenvalue weighted by atomic mass is 32.2. The number of hydrogen-bond acceptors (Lipinski definition) is 5. The molecule has 7 heteroatoms. The van der Waals surface area contributed by atoms with E-state index in [0.717, 1.165) is 24.1 Å². The Morgan fingerprint density at radius 3 is 2.73 bits per heavy atom. The van der Waals surface area contributed by atoms with Gasteiger partial charge in [-0.05, 0) is 60.7 Å². The van der Waals surface area contributed by atoms with Crippen LogP contribution in [0.15, 0.2) is 47.4 Å². The Bertz CT molecular complexity index is 1080. The summed E-state index contributed by atoms with van der Waals surface area (Å²) in [6, 6.07) is 13.6. The van der Waals surface area contributed by atoms with E-state index in [9.17, 15) is 9.59 Å². The highest BCUT2D eigenvalue weighted by Crippen LogP contribution is 2.35. The highest BCUT2D eigenvalue weighted by molar-refractivity contribution is 8.26. The topological polar surface area (TPSA) is 58.6 Å². The first-order valence-electron chi connectivity index (χ1n) is 11.5. The summed E-state index contributed by atoms with van der Waals surface area (Å²) in [6.07, 6.45) is 8.50. The van der Waals surface area contributed by atoms with Crippen LogP contribution in [-0.2, 0) is 11.2 Å². The van der Waals surface area contributed by atoms with Crippen LogP contribution in [0.3, 0.4) is 0 Å². The Kier molecular flexibility index (Phi) is 7.83. The molecule has 0 unspecified atom stereocenters. The fourth-order valence-electron chi connectivity index (χ4n) is 3.99. The lowest BCUT2D eigenvalue weighted by molar-refractivity contribution is -0.115. The SMILES string of the molecule is CCCCCCc1ccc(C(=O)N2CCCOc3ccc(C=C4SC(=S)NC4=O)cc32)cc1. The van der Waals surface area contributed by atoms with E-state index in [0.29, 0.717) is 33.7 Å². The molecule has 2 aliphatic rings. The van der Waals surface area contributed by atoms with Crippen molar-refractivity contribution in [2.75, 3.05) is 18.1 Å². The van der Waals surface area contributed by atoms with E-state index < -0.39 is 0 Å². The third-order valence-electron chi connectivity index (χ3n) is 5.76. The van der Waals surface area contributed by atoms with Gasteiger partial charge in [0.25, 0.3) is 11.8 Å². The molecular formula is C26H28N2O3S2. The summed E-state index contributed by atoms with van der Waals surface area (Å²) in [5.74, 6) is 0.437. The van der Waals surface area contributed by atoms with Crippen molar-refractivity contribution in [3.63, 3.8) is 0 Å². The molecular weight excluding hydrogens is 452 g/mol. The molecule has 0 radical (unpaired) electrons. The van der Waals surface area contributed by atoms with E-state index in [1.165, 1.54) is 43.0 Å². The Morgan fingerprint density at radius 2 is 2.00 bits per heavy atom. The standard InChI is InChI=1S/C26H28N2O3S2/c1-2-3-4-5-7-18-8-11-20(12-9-18)25(30)28-14-6-15-31-22-13-10-19(16-21(22)28)17-23-24(29)27-26(32)33-23/h8-13,16-17H,2-7,14-15H2,1H3,(H,27,29,32). The van der Waals surface area contributed by atoms with Gasteiger partial charge in [0, 0.05) is 12.1 Å². The maximum Gasteiger partial charge on any atom is 0.263 e. The largest absolute Gasteiger partial charge is 0.491 e. The number of benzene rings is 2. The number of unbranched alkanes of at least 4 members (excludes halogenated alkanes) is 3. The van der Waals surface area contributed by atoms with Gasteiger partial charge >= 0.3 is 0 Å². The van der Waals surface area contributed by atoms with Crippen molar-refractivity contribution in [1.82, 2.24) is 5.32 Å². The van der Waals surface area contributed by atoms with Crippen LogP contribution in [-0.4, -0.2) is 29.3 Å². The fourth-order valence-corrected chi connectivity index (χ4v) is 5.04. The molecule has 0 atom stereocenters. The van der Waals surface area contributed by atoms with Crippen LogP contribution < -0.4 is 15.0 Å². The number of ether oxygens (including phenoxy) is 1. The zero-order chi connectivity index (χ0) is 23.2. The van der Waals surface area contributed by atoms with Crippen molar-refractivity contribution in [3.8, 4) is 5.75 Å². The number of nitrogens with one attached hydrogen (secondary N) is 1. The van der Waals surface area contributed by atoms with Crippen molar-refractivity contribution < 1.29 is 14.3 Å². The monoisotopic (exact) mass is 480 g/mol. The molecule has 1 saturated heterocycles. The van der Waals surface area contributed by atoms with E-state index >= 15 is 0 Å². The van der Waals surface area contributed by atoms with Crippen molar-refractivity contribution >= 4 is 51.9 Å². The first kappa shape index (κ1) is 23.5. The number of carbonyl (C=O) groups excluding carboxylic acids is 2. The number of anilines is 1. The predicted octanol–water partition coefficient (Wildman–Crippen LogP) is 5.73. The van der Waals surface area contributed by atoms with Gasteiger partial charge in [0.05, 0.1) is 17.2 Å². The molecule has 2 amide bonds. The Balaban J connectivity index is 1.55. The molecule has 2 aromatic carbocycles. The quantitative estimate of drug-likeness (QED) is 0.312. The molecule has 33 heavy (non-hydrogen) atoms. The van der Waals surface area contributed by atoms with Crippen LogP contribution in [0.2, 0.25) is 0 Å². The van der Waals surface area contributed by atoms with E-state index in [4.69, 9.17) is 17.0 Å². The second kappa shape index (κ2) is 11.0. The number of aryl methyl sites for hydroxylation is 1. The van der Waals surface area contributed by atoms with Crippen molar-refractivity contribution in [2.45, 2.75) is 45.4 Å². The molecule has 0 aromatic heterocycles. The van der Waals surface area contributed by atoms with Crippen LogP contribution >= 0.6 is 24.0 Å². The molecule has 0 aliphatic carbocycles. The van der Waals surface area contributed by atoms with Crippen molar-refractivity contribution in [2.24, 2.45) is 0 Å². The zero-order valence-electron chi connectivity index (χ0n) is 18.8. The molecule has 2 heterocycles. The number of rotatable bonds is 7. The minimum atomic E-state index is -0.195. The first-order chi connectivity index (χ1) is 16.0. The van der Waals surface area contributed by atoms with Gasteiger partial charge in [-0.15, -0.1) is 0 Å². The number of thiocarbonyl (C=S) groups is 1. The maximum absolute atomic E-state index is 13.4. The molecule has 1 fully saturated rings. The fraction of sp³-hybridized carbons (Fsp3) is 0.346. The van der Waals surface area contributed by atoms with E-state index in [2.05, 4.69) is 24.4 Å². The van der Waals surface area contributed by atoms with Gasteiger partial charge < -0.3 is 15.0 Å². The van der Waals surface area contributed by atoms with Gasteiger partial charge in [0.1, 0.15) is 10.1 Å². The summed E-state index contributed by atoms with van der Waals surface area (Å²) < 4.78 is 6.34.